The van der Waals surface area contributed by atoms with Crippen molar-refractivity contribution in [2.24, 2.45) is 0 Å². The summed E-state index contributed by atoms with van der Waals surface area (Å²) in [5.74, 6) is -0.232. The van der Waals surface area contributed by atoms with E-state index >= 15 is 0 Å². The van der Waals surface area contributed by atoms with Gasteiger partial charge in [-0.25, -0.2) is 0 Å². The minimum atomic E-state index is -0.512. The van der Waals surface area contributed by atoms with Crippen LogP contribution in [0, 0.1) is 0 Å². The number of halogens is 2. The number of rotatable bonds is 6. The average Bonchev–Trinajstić information content (AvgIpc) is 2.52. The second-order valence-electron chi connectivity index (χ2n) is 5.18. The minimum absolute atomic E-state index is 0.175. The second-order valence-corrected chi connectivity index (χ2v) is 6.05. The summed E-state index contributed by atoms with van der Waals surface area (Å²) < 4.78 is 0. The van der Waals surface area contributed by atoms with Crippen LogP contribution in [0.25, 0.3) is 0 Å². The highest BCUT2D eigenvalue weighted by atomic mass is 35.5. The topological polar surface area (TPSA) is 61.4 Å². The smallest absolute Gasteiger partial charge is 0.242 e. The molecule has 0 aliphatic heterocycles. The number of hydrogen-bond acceptors (Lipinski definition) is 3. The number of amides is 1. The third-order valence-electron chi connectivity index (χ3n) is 3.34. The molecule has 1 amide bonds. The number of aliphatic hydroxyl groups excluding tert-OH is 1. The molecule has 0 saturated carbocycles. The average molecular weight is 353 g/mol. The lowest BCUT2D eigenvalue weighted by Crippen LogP contribution is -2.40. The van der Waals surface area contributed by atoms with Crippen molar-refractivity contribution in [1.29, 1.82) is 0 Å². The van der Waals surface area contributed by atoms with Gasteiger partial charge in [0.15, 0.2) is 0 Å². The molecule has 0 bridgehead atoms. The van der Waals surface area contributed by atoms with Crippen molar-refractivity contribution in [2.75, 3.05) is 11.9 Å². The summed E-state index contributed by atoms with van der Waals surface area (Å²) in [6, 6.07) is 13.4. The van der Waals surface area contributed by atoms with Gasteiger partial charge in [-0.05, 0) is 30.7 Å². The van der Waals surface area contributed by atoms with Crippen molar-refractivity contribution in [2.45, 2.75) is 19.0 Å². The molecule has 0 fully saturated rings. The molecule has 0 radical (unpaired) electrons. The van der Waals surface area contributed by atoms with Gasteiger partial charge in [0.25, 0.3) is 0 Å². The third-order valence-corrected chi connectivity index (χ3v) is 3.78. The predicted octanol–water partition coefficient (Wildman–Crippen LogP) is 3.64. The van der Waals surface area contributed by atoms with Crippen molar-refractivity contribution < 1.29 is 9.90 Å². The highest BCUT2D eigenvalue weighted by Gasteiger charge is 2.18. The van der Waals surface area contributed by atoms with Gasteiger partial charge in [-0.15, -0.1) is 0 Å². The third kappa shape index (κ3) is 5.13. The van der Waals surface area contributed by atoms with Gasteiger partial charge in [0.2, 0.25) is 5.91 Å². The number of carbonyl (C=O) groups excluding carboxylic acids is 1. The number of aliphatic hydroxyl groups is 1. The molecule has 0 aliphatic rings. The van der Waals surface area contributed by atoms with E-state index in [9.17, 15) is 9.90 Å². The Labute approximate surface area is 145 Å². The van der Waals surface area contributed by atoms with Crippen molar-refractivity contribution >= 4 is 34.8 Å². The Kier molecular flexibility index (Phi) is 6.28. The largest absolute Gasteiger partial charge is 0.394 e. The van der Waals surface area contributed by atoms with Crippen LogP contribution in [0.15, 0.2) is 48.5 Å². The molecule has 6 heteroatoms. The quantitative estimate of drug-likeness (QED) is 0.743. The maximum absolute atomic E-state index is 12.3. The molecule has 2 aromatic carbocycles. The number of anilines is 1. The van der Waals surface area contributed by atoms with E-state index in [0.29, 0.717) is 15.7 Å². The molecule has 122 valence electrons. The lowest BCUT2D eigenvalue weighted by Gasteiger charge is -2.21. The number of nitrogens with one attached hydrogen (secondary N) is 2. The van der Waals surface area contributed by atoms with Crippen molar-refractivity contribution in [1.82, 2.24) is 5.32 Å². The van der Waals surface area contributed by atoms with Crippen LogP contribution >= 0.6 is 23.2 Å². The van der Waals surface area contributed by atoms with Gasteiger partial charge < -0.3 is 15.7 Å². The zero-order valence-corrected chi connectivity index (χ0v) is 14.1. The summed E-state index contributed by atoms with van der Waals surface area (Å²) in [6.07, 6.45) is 0. The maximum Gasteiger partial charge on any atom is 0.242 e. The number of benzene rings is 2. The van der Waals surface area contributed by atoms with Gasteiger partial charge >= 0.3 is 0 Å². The Bertz CT molecular complexity index is 645. The first kappa shape index (κ1) is 17.6. The van der Waals surface area contributed by atoms with Crippen LogP contribution in [-0.2, 0) is 4.79 Å². The molecule has 2 atom stereocenters. The monoisotopic (exact) mass is 352 g/mol. The van der Waals surface area contributed by atoms with Gasteiger partial charge in [-0.3, -0.25) is 4.79 Å². The second kappa shape index (κ2) is 8.20. The molecule has 0 aliphatic carbocycles. The summed E-state index contributed by atoms with van der Waals surface area (Å²) in [6.45, 7) is 1.55. The summed E-state index contributed by atoms with van der Waals surface area (Å²) in [7, 11) is 0. The van der Waals surface area contributed by atoms with E-state index in [4.69, 9.17) is 23.2 Å². The summed E-state index contributed by atoms with van der Waals surface area (Å²) in [5, 5.41) is 16.3. The fraction of sp³-hybridized carbons (Fsp3) is 0.235. The van der Waals surface area contributed by atoms with Gasteiger partial charge in [0.1, 0.15) is 6.04 Å². The lowest BCUT2D eigenvalue weighted by molar-refractivity contribution is -0.122. The lowest BCUT2D eigenvalue weighted by atomic mass is 10.1. The van der Waals surface area contributed by atoms with Crippen LogP contribution in [0.3, 0.4) is 0 Å². The molecule has 0 heterocycles. The standard InChI is InChI=1S/C17H18Cl2N2O2/c1-11(20-15-8-13(18)7-14(19)9-15)17(23)21-16(10-22)12-5-3-2-4-6-12/h2-9,11,16,20,22H,10H2,1H3,(H,21,23)/t11?,16-/m1/s1. The van der Waals surface area contributed by atoms with Crippen LogP contribution in [0.5, 0.6) is 0 Å². The fourth-order valence-electron chi connectivity index (χ4n) is 2.17. The zero-order valence-electron chi connectivity index (χ0n) is 12.6. The Morgan fingerprint density at radius 1 is 1.13 bits per heavy atom. The van der Waals surface area contributed by atoms with Crippen LogP contribution in [0.4, 0.5) is 5.69 Å². The SMILES string of the molecule is CC(Nc1cc(Cl)cc(Cl)c1)C(=O)N[C@H](CO)c1ccccc1. The maximum atomic E-state index is 12.3. The van der Waals surface area contributed by atoms with Crippen LogP contribution in [0.2, 0.25) is 10.0 Å². The number of carbonyl (C=O) groups is 1. The number of hydrogen-bond donors (Lipinski definition) is 3. The first-order chi connectivity index (χ1) is 11.0. The summed E-state index contributed by atoms with van der Waals surface area (Å²) in [4.78, 5) is 12.3. The summed E-state index contributed by atoms with van der Waals surface area (Å²) >= 11 is 11.9. The van der Waals surface area contributed by atoms with Gasteiger partial charge in [0.05, 0.1) is 12.6 Å². The normalized spacial score (nSPS) is 13.2. The molecule has 2 aromatic rings. The molecule has 4 nitrogen and oxygen atoms in total. The van der Waals surface area contributed by atoms with Crippen LogP contribution in [0.1, 0.15) is 18.5 Å². The first-order valence-electron chi connectivity index (χ1n) is 7.18. The first-order valence-corrected chi connectivity index (χ1v) is 7.94. The van der Waals surface area contributed by atoms with E-state index in [-0.39, 0.29) is 12.5 Å². The Morgan fingerprint density at radius 3 is 2.30 bits per heavy atom. The molecule has 0 spiro atoms. The van der Waals surface area contributed by atoms with Crippen molar-refractivity contribution in [3.05, 3.63) is 64.1 Å². The predicted molar refractivity (Wildman–Crippen MR) is 94.0 cm³/mol. The van der Waals surface area contributed by atoms with Gasteiger partial charge in [-0.1, -0.05) is 53.5 Å². The highest BCUT2D eigenvalue weighted by Crippen LogP contribution is 2.23. The van der Waals surface area contributed by atoms with E-state index < -0.39 is 12.1 Å². The molecule has 0 aromatic heterocycles. The van der Waals surface area contributed by atoms with Crippen LogP contribution in [-0.4, -0.2) is 23.7 Å². The van der Waals surface area contributed by atoms with E-state index in [1.807, 2.05) is 30.3 Å². The summed E-state index contributed by atoms with van der Waals surface area (Å²) in [5.41, 5.74) is 1.51. The molecular weight excluding hydrogens is 335 g/mol. The molecule has 1 unspecified atom stereocenters. The van der Waals surface area contributed by atoms with Crippen molar-refractivity contribution in [3.63, 3.8) is 0 Å². The van der Waals surface area contributed by atoms with E-state index in [0.717, 1.165) is 5.56 Å². The van der Waals surface area contributed by atoms with Crippen molar-refractivity contribution in [3.8, 4) is 0 Å². The molecule has 0 saturated heterocycles. The molecule has 23 heavy (non-hydrogen) atoms. The molecule has 2 rings (SSSR count). The van der Waals surface area contributed by atoms with Gasteiger partial charge in [0, 0.05) is 15.7 Å². The molecular formula is C17H18Cl2N2O2. The van der Waals surface area contributed by atoms with E-state index in [1.165, 1.54) is 0 Å². The van der Waals surface area contributed by atoms with Gasteiger partial charge in [-0.2, -0.15) is 0 Å². The Hall–Kier alpha value is -1.75. The zero-order chi connectivity index (χ0) is 16.8. The van der Waals surface area contributed by atoms with E-state index in [1.54, 1.807) is 25.1 Å². The Balaban J connectivity index is 2.01. The Morgan fingerprint density at radius 2 is 1.74 bits per heavy atom. The minimum Gasteiger partial charge on any atom is -0.394 e. The molecule has 3 N–H and O–H groups in total. The highest BCUT2D eigenvalue weighted by molar-refractivity contribution is 6.35. The van der Waals surface area contributed by atoms with Crippen LogP contribution < -0.4 is 10.6 Å². The fourth-order valence-corrected chi connectivity index (χ4v) is 2.70. The van der Waals surface area contributed by atoms with E-state index in [2.05, 4.69) is 10.6 Å².